The highest BCUT2D eigenvalue weighted by atomic mass is 16.5. The Morgan fingerprint density at radius 3 is 2.52 bits per heavy atom. The fraction of sp³-hybridized carbons (Fsp3) is 0.560. The number of nitrogens with zero attached hydrogens (tertiary/aromatic N) is 1. The Kier molecular flexibility index (Phi) is 6.74. The summed E-state index contributed by atoms with van der Waals surface area (Å²) in [5.74, 6) is 1.68. The first-order chi connectivity index (χ1) is 15.8. The van der Waals surface area contributed by atoms with Crippen molar-refractivity contribution in [2.75, 3.05) is 27.3 Å². The minimum absolute atomic E-state index is 0.0510. The number of methoxy groups -OCH3 is 2. The zero-order valence-electron chi connectivity index (χ0n) is 19.8. The molecule has 0 saturated carbocycles. The highest BCUT2D eigenvalue weighted by Crippen LogP contribution is 2.46. The third-order valence-corrected chi connectivity index (χ3v) is 6.90. The zero-order chi connectivity index (χ0) is 23.7. The summed E-state index contributed by atoms with van der Waals surface area (Å²) < 4.78 is 10.9. The first-order valence-electron chi connectivity index (χ1n) is 11.6. The molecule has 2 saturated heterocycles. The lowest BCUT2D eigenvalue weighted by atomic mass is 9.78. The first kappa shape index (κ1) is 23.3. The van der Waals surface area contributed by atoms with Crippen LogP contribution < -0.4 is 20.1 Å². The second-order valence-electron chi connectivity index (χ2n) is 9.61. The maximum absolute atomic E-state index is 13.5. The fourth-order valence-electron chi connectivity index (χ4n) is 5.51. The molecule has 8 nitrogen and oxygen atoms in total. The normalized spacial score (nSPS) is 27.5. The minimum Gasteiger partial charge on any atom is -0.507 e. The number of hydrogen-bond acceptors (Lipinski definition) is 7. The highest BCUT2D eigenvalue weighted by Gasteiger charge is 2.35. The van der Waals surface area contributed by atoms with Crippen molar-refractivity contribution in [3.05, 3.63) is 41.2 Å². The number of benzene rings is 1. The summed E-state index contributed by atoms with van der Waals surface area (Å²) in [7, 11) is 3.09. The van der Waals surface area contributed by atoms with Crippen LogP contribution >= 0.6 is 0 Å². The molecule has 4 N–H and O–H groups in total. The number of carbonyl (C=O) groups excluding carboxylic acids is 1. The summed E-state index contributed by atoms with van der Waals surface area (Å²) in [6.07, 6.45) is 5.29. The van der Waals surface area contributed by atoms with Crippen LogP contribution in [0.2, 0.25) is 0 Å². The molecule has 1 aromatic carbocycles. The maximum atomic E-state index is 13.5. The molecule has 1 aromatic rings. The van der Waals surface area contributed by atoms with Gasteiger partial charge in [0.25, 0.3) is 0 Å². The molecule has 2 fully saturated rings. The molecule has 3 aliphatic rings. The van der Waals surface area contributed by atoms with Crippen molar-refractivity contribution in [1.82, 2.24) is 15.5 Å². The van der Waals surface area contributed by atoms with E-state index in [2.05, 4.69) is 24.5 Å². The van der Waals surface area contributed by atoms with E-state index in [-0.39, 0.29) is 29.9 Å². The van der Waals surface area contributed by atoms with E-state index in [1.807, 2.05) is 17.1 Å². The third-order valence-electron chi connectivity index (χ3n) is 6.90. The van der Waals surface area contributed by atoms with Gasteiger partial charge in [0.05, 0.1) is 25.6 Å². The molecule has 2 aliphatic heterocycles. The molecular formula is C25H35N3O5. The van der Waals surface area contributed by atoms with E-state index in [9.17, 15) is 15.0 Å². The Labute approximate surface area is 195 Å². The van der Waals surface area contributed by atoms with Crippen LogP contribution in [0.4, 0.5) is 0 Å². The van der Waals surface area contributed by atoms with Crippen LogP contribution in [0.5, 0.6) is 17.2 Å². The molecule has 5 unspecified atom stereocenters. The number of aliphatic hydroxyl groups is 1. The Morgan fingerprint density at radius 1 is 1.15 bits per heavy atom. The van der Waals surface area contributed by atoms with Gasteiger partial charge in [0.15, 0.2) is 0 Å². The van der Waals surface area contributed by atoms with Crippen LogP contribution in [0.3, 0.4) is 0 Å². The predicted molar refractivity (Wildman–Crippen MR) is 125 cm³/mol. The highest BCUT2D eigenvalue weighted by molar-refractivity contribution is 5.78. The van der Waals surface area contributed by atoms with Gasteiger partial charge in [-0.2, -0.15) is 0 Å². The molecule has 5 atom stereocenters. The van der Waals surface area contributed by atoms with Gasteiger partial charge in [0.2, 0.25) is 12.3 Å². The largest absolute Gasteiger partial charge is 0.507 e. The number of aliphatic hydroxyl groups excluding tert-OH is 1. The Hall–Kier alpha value is -2.87. The number of fused-ring (bicyclic) bond motifs is 1. The third kappa shape index (κ3) is 4.90. The van der Waals surface area contributed by atoms with Crippen molar-refractivity contribution in [2.45, 2.75) is 45.4 Å². The molecule has 2 heterocycles. The molecule has 0 radical (unpaired) electrons. The standard InChI is InChI=1S/C25H35N3O5/c1-14-7-15(2)13-28(12-14)23(30)11-18(16-5-6-19-20(8-16)27-25(31)26-19)24-21(29)9-17(32-3)10-22(24)33-4/h6,8-10,14-16,18,25-27,29,31H,5,7,11-13H2,1-4H3. The summed E-state index contributed by atoms with van der Waals surface area (Å²) in [5.41, 5.74) is 2.27. The minimum atomic E-state index is -0.832. The fourth-order valence-corrected chi connectivity index (χ4v) is 5.51. The molecule has 1 aliphatic carbocycles. The molecule has 180 valence electrons. The van der Waals surface area contributed by atoms with Crippen LogP contribution in [0.1, 0.15) is 44.6 Å². The van der Waals surface area contributed by atoms with Gasteiger partial charge in [-0.1, -0.05) is 26.0 Å². The zero-order valence-corrected chi connectivity index (χ0v) is 19.8. The van der Waals surface area contributed by atoms with E-state index in [0.29, 0.717) is 35.3 Å². The summed E-state index contributed by atoms with van der Waals surface area (Å²) in [4.78, 5) is 15.5. The summed E-state index contributed by atoms with van der Waals surface area (Å²) in [5, 5.41) is 26.9. The number of allylic oxidation sites excluding steroid dienone is 2. The van der Waals surface area contributed by atoms with E-state index in [0.717, 1.165) is 30.9 Å². The average Bonchev–Trinajstić information content (AvgIpc) is 3.15. The monoisotopic (exact) mass is 457 g/mol. The van der Waals surface area contributed by atoms with E-state index >= 15 is 0 Å². The quantitative estimate of drug-likeness (QED) is 0.521. The second-order valence-corrected chi connectivity index (χ2v) is 9.61. The van der Waals surface area contributed by atoms with Crippen molar-refractivity contribution in [1.29, 1.82) is 0 Å². The van der Waals surface area contributed by atoms with E-state index in [1.165, 1.54) is 7.11 Å². The van der Waals surface area contributed by atoms with Crippen LogP contribution in [0, 0.1) is 17.8 Å². The number of nitrogens with one attached hydrogen (secondary N) is 2. The van der Waals surface area contributed by atoms with Crippen LogP contribution in [-0.2, 0) is 4.79 Å². The van der Waals surface area contributed by atoms with Crippen molar-refractivity contribution >= 4 is 5.91 Å². The number of hydrogen-bond donors (Lipinski definition) is 4. The number of rotatable bonds is 6. The number of piperidine rings is 1. The van der Waals surface area contributed by atoms with Crippen molar-refractivity contribution in [3.8, 4) is 17.2 Å². The molecule has 4 rings (SSSR count). The Balaban J connectivity index is 1.69. The average molecular weight is 458 g/mol. The number of likely N-dealkylation sites (tertiary alicyclic amines) is 1. The Morgan fingerprint density at radius 2 is 1.85 bits per heavy atom. The lowest BCUT2D eigenvalue weighted by Crippen LogP contribution is -2.43. The van der Waals surface area contributed by atoms with Gasteiger partial charge < -0.3 is 35.2 Å². The number of ether oxygens (including phenoxy) is 2. The van der Waals surface area contributed by atoms with Crippen molar-refractivity contribution in [2.24, 2.45) is 17.8 Å². The summed E-state index contributed by atoms with van der Waals surface area (Å²) in [6, 6.07) is 3.31. The van der Waals surface area contributed by atoms with E-state index in [4.69, 9.17) is 9.47 Å². The van der Waals surface area contributed by atoms with E-state index in [1.54, 1.807) is 19.2 Å². The van der Waals surface area contributed by atoms with Gasteiger partial charge in [0, 0.05) is 43.1 Å². The topological polar surface area (TPSA) is 103 Å². The van der Waals surface area contributed by atoms with Gasteiger partial charge in [-0.25, -0.2) is 0 Å². The van der Waals surface area contributed by atoms with Gasteiger partial charge in [-0.15, -0.1) is 0 Å². The number of carbonyl (C=O) groups is 1. The van der Waals surface area contributed by atoms with Crippen LogP contribution in [0.25, 0.3) is 0 Å². The molecule has 1 amide bonds. The second kappa shape index (κ2) is 9.55. The van der Waals surface area contributed by atoms with Crippen molar-refractivity contribution in [3.63, 3.8) is 0 Å². The molecular weight excluding hydrogens is 422 g/mol. The number of phenolic OH excluding ortho intramolecular Hbond substituents is 1. The van der Waals surface area contributed by atoms with Gasteiger partial charge in [0.1, 0.15) is 17.2 Å². The number of phenols is 1. The maximum Gasteiger partial charge on any atom is 0.223 e. The summed E-state index contributed by atoms with van der Waals surface area (Å²) in [6.45, 7) is 5.89. The van der Waals surface area contributed by atoms with Crippen LogP contribution in [0.15, 0.2) is 35.7 Å². The first-order valence-corrected chi connectivity index (χ1v) is 11.6. The molecule has 0 bridgehead atoms. The number of amides is 1. The van der Waals surface area contributed by atoms with E-state index < -0.39 is 6.35 Å². The Bertz CT molecular complexity index is 950. The molecule has 0 aromatic heterocycles. The lowest BCUT2D eigenvalue weighted by Gasteiger charge is -2.37. The van der Waals surface area contributed by atoms with Gasteiger partial charge >= 0.3 is 0 Å². The van der Waals surface area contributed by atoms with Crippen molar-refractivity contribution < 1.29 is 24.5 Å². The van der Waals surface area contributed by atoms with Gasteiger partial charge in [-0.05, 0) is 30.6 Å². The number of aromatic hydroxyl groups is 1. The molecule has 33 heavy (non-hydrogen) atoms. The van der Waals surface area contributed by atoms with Gasteiger partial charge in [-0.3, -0.25) is 4.79 Å². The lowest BCUT2D eigenvalue weighted by molar-refractivity contribution is -0.134. The molecule has 8 heteroatoms. The summed E-state index contributed by atoms with van der Waals surface area (Å²) >= 11 is 0. The smallest absolute Gasteiger partial charge is 0.223 e. The van der Waals surface area contributed by atoms with Crippen LogP contribution in [-0.4, -0.2) is 54.7 Å². The molecule has 0 spiro atoms. The SMILES string of the molecule is COc1cc(O)c(C(CC(=O)N2CC(C)CC(C)C2)C2C=C3NC(O)NC3=CC2)c(OC)c1. The predicted octanol–water partition coefficient (Wildman–Crippen LogP) is 2.64.